The summed E-state index contributed by atoms with van der Waals surface area (Å²) in [6.45, 7) is 7.61. The van der Waals surface area contributed by atoms with Crippen molar-refractivity contribution in [2.24, 2.45) is 5.92 Å². The second-order valence-corrected chi connectivity index (χ2v) is 8.22. The Kier molecular flexibility index (Phi) is 13.2. The molecule has 2 atom stereocenters. The van der Waals surface area contributed by atoms with Crippen molar-refractivity contribution in [3.05, 3.63) is 35.6 Å². The van der Waals surface area contributed by atoms with Crippen LogP contribution in [0.4, 0.5) is 30.7 Å². The van der Waals surface area contributed by atoms with E-state index in [2.05, 4.69) is 9.80 Å². The standard InChI is InChI=1S/C18H27FN2O2.2C2HF3O2/c1-22-10-8-20-9-11-23-18-14-21(7-6-16(18)13-20)12-15-2-4-17(19)5-3-15;2*3-2(4,5)1(6)7/h2-5,16,18H,6-14H2,1H3;2*(H,6,7)/t16-,18-;;/m1../s1. The fourth-order valence-electron chi connectivity index (χ4n) is 3.60. The number of alkyl halides is 6. The van der Waals surface area contributed by atoms with E-state index in [9.17, 15) is 30.7 Å². The van der Waals surface area contributed by atoms with Gasteiger partial charge in [0.05, 0.1) is 19.3 Å². The number of halogens is 7. The number of fused-ring (bicyclic) bond motifs is 1. The van der Waals surface area contributed by atoms with Gasteiger partial charge < -0.3 is 19.7 Å². The minimum Gasteiger partial charge on any atom is -0.475 e. The number of benzene rings is 1. The van der Waals surface area contributed by atoms with Crippen molar-refractivity contribution in [2.45, 2.75) is 31.4 Å². The molecule has 0 spiro atoms. The number of nitrogens with zero attached hydrogens (tertiary/aromatic N) is 2. The lowest BCUT2D eigenvalue weighted by molar-refractivity contribution is -0.193. The number of methoxy groups -OCH3 is 1. The molecule has 0 amide bonds. The minimum atomic E-state index is -5.08. The average Bonchev–Trinajstić information content (AvgIpc) is 3.00. The number of aliphatic carboxylic acids is 2. The largest absolute Gasteiger partial charge is 0.490 e. The molecule has 212 valence electrons. The van der Waals surface area contributed by atoms with Crippen molar-refractivity contribution in [1.82, 2.24) is 9.80 Å². The third-order valence-corrected chi connectivity index (χ3v) is 5.43. The van der Waals surface area contributed by atoms with Crippen molar-refractivity contribution in [3.8, 4) is 0 Å². The summed E-state index contributed by atoms with van der Waals surface area (Å²) in [4.78, 5) is 22.7. The third kappa shape index (κ3) is 13.0. The molecule has 0 saturated carbocycles. The average molecular weight is 550 g/mol. The summed E-state index contributed by atoms with van der Waals surface area (Å²) in [5, 5.41) is 14.2. The molecule has 2 saturated heterocycles. The van der Waals surface area contributed by atoms with Gasteiger partial charge >= 0.3 is 24.3 Å². The Balaban J connectivity index is 0.000000404. The van der Waals surface area contributed by atoms with Crippen LogP contribution in [0.15, 0.2) is 24.3 Å². The van der Waals surface area contributed by atoms with Gasteiger partial charge in [-0.15, -0.1) is 0 Å². The molecular formula is C22H29F7N2O6. The molecule has 2 aliphatic rings. The van der Waals surface area contributed by atoms with Gasteiger partial charge in [-0.2, -0.15) is 26.3 Å². The number of likely N-dealkylation sites (tertiary alicyclic amines) is 1. The molecule has 8 nitrogen and oxygen atoms in total. The van der Waals surface area contributed by atoms with Crippen LogP contribution in [-0.2, 0) is 25.6 Å². The summed E-state index contributed by atoms with van der Waals surface area (Å²) in [5.41, 5.74) is 1.17. The molecule has 3 rings (SSSR count). The number of carboxylic acid groups (broad SMARTS) is 2. The summed E-state index contributed by atoms with van der Waals surface area (Å²) in [6, 6.07) is 6.83. The SMILES string of the molecule is COCCN1CCO[C@@H]2CN(Cc3ccc(F)cc3)CC[C@@H]2C1.O=C(O)C(F)(F)F.O=C(O)C(F)(F)F. The molecule has 1 aromatic carbocycles. The maximum atomic E-state index is 13.0. The molecule has 2 aliphatic heterocycles. The molecular weight excluding hydrogens is 521 g/mol. The zero-order chi connectivity index (χ0) is 28.2. The van der Waals surface area contributed by atoms with Crippen LogP contribution in [0.25, 0.3) is 0 Å². The number of carboxylic acids is 2. The van der Waals surface area contributed by atoms with Crippen molar-refractivity contribution in [3.63, 3.8) is 0 Å². The van der Waals surface area contributed by atoms with E-state index < -0.39 is 24.3 Å². The highest BCUT2D eigenvalue weighted by atomic mass is 19.4. The lowest BCUT2D eigenvalue weighted by Crippen LogP contribution is -2.46. The molecule has 15 heteroatoms. The number of ether oxygens (including phenoxy) is 2. The van der Waals surface area contributed by atoms with E-state index >= 15 is 0 Å². The Bertz CT molecular complexity index is 812. The fraction of sp³-hybridized carbons (Fsp3) is 0.636. The molecule has 0 aliphatic carbocycles. The van der Waals surface area contributed by atoms with Gasteiger partial charge in [0.15, 0.2) is 0 Å². The highest BCUT2D eigenvalue weighted by Gasteiger charge is 2.39. The summed E-state index contributed by atoms with van der Waals surface area (Å²) < 4.78 is 87.8. The first-order chi connectivity index (χ1) is 17.1. The van der Waals surface area contributed by atoms with Crippen LogP contribution < -0.4 is 0 Å². The molecule has 1 aromatic rings. The number of hydrogen-bond acceptors (Lipinski definition) is 6. The number of carbonyl (C=O) groups is 2. The minimum absolute atomic E-state index is 0.171. The molecule has 2 heterocycles. The van der Waals surface area contributed by atoms with Gasteiger partial charge in [-0.05, 0) is 30.7 Å². The van der Waals surface area contributed by atoms with Crippen LogP contribution >= 0.6 is 0 Å². The summed E-state index contributed by atoms with van der Waals surface area (Å²) in [5.74, 6) is -5.07. The lowest BCUT2D eigenvalue weighted by Gasteiger charge is -2.38. The van der Waals surface area contributed by atoms with E-state index in [1.165, 1.54) is 17.7 Å². The Morgan fingerprint density at radius 2 is 1.51 bits per heavy atom. The Morgan fingerprint density at radius 3 is 2.00 bits per heavy atom. The Morgan fingerprint density at radius 1 is 0.973 bits per heavy atom. The van der Waals surface area contributed by atoms with E-state index in [1.54, 1.807) is 7.11 Å². The first-order valence-corrected chi connectivity index (χ1v) is 11.0. The first kappa shape index (κ1) is 32.5. The van der Waals surface area contributed by atoms with E-state index in [-0.39, 0.29) is 5.82 Å². The van der Waals surface area contributed by atoms with Crippen molar-refractivity contribution >= 4 is 11.9 Å². The Labute approximate surface area is 208 Å². The molecule has 0 aromatic heterocycles. The van der Waals surface area contributed by atoms with Gasteiger partial charge in [0.2, 0.25) is 0 Å². The van der Waals surface area contributed by atoms with E-state index in [4.69, 9.17) is 29.3 Å². The number of piperidine rings is 1. The Hall–Kier alpha value is -2.49. The smallest absolute Gasteiger partial charge is 0.475 e. The van der Waals surface area contributed by atoms with Crippen LogP contribution in [0, 0.1) is 11.7 Å². The van der Waals surface area contributed by atoms with Gasteiger partial charge in [-0.25, -0.2) is 14.0 Å². The predicted molar refractivity (Wildman–Crippen MR) is 115 cm³/mol. The van der Waals surface area contributed by atoms with Crippen LogP contribution in [-0.4, -0.2) is 103 Å². The second kappa shape index (κ2) is 15.1. The topological polar surface area (TPSA) is 99.5 Å². The number of rotatable bonds is 5. The molecule has 0 unspecified atom stereocenters. The van der Waals surface area contributed by atoms with Crippen LogP contribution in [0.2, 0.25) is 0 Å². The van der Waals surface area contributed by atoms with Crippen molar-refractivity contribution in [1.29, 1.82) is 0 Å². The van der Waals surface area contributed by atoms with Crippen molar-refractivity contribution < 1.29 is 60.0 Å². The van der Waals surface area contributed by atoms with Gasteiger partial charge in [0, 0.05) is 45.8 Å². The van der Waals surface area contributed by atoms with Gasteiger partial charge in [-0.3, -0.25) is 9.80 Å². The monoisotopic (exact) mass is 550 g/mol. The highest BCUT2D eigenvalue weighted by Crippen LogP contribution is 2.25. The van der Waals surface area contributed by atoms with Crippen LogP contribution in [0.1, 0.15) is 12.0 Å². The first-order valence-electron chi connectivity index (χ1n) is 11.0. The lowest BCUT2D eigenvalue weighted by atomic mass is 9.93. The summed E-state index contributed by atoms with van der Waals surface area (Å²) in [6.07, 6.45) is -8.69. The fourth-order valence-corrected chi connectivity index (χ4v) is 3.60. The van der Waals surface area contributed by atoms with Gasteiger partial charge in [0.25, 0.3) is 0 Å². The molecule has 2 N–H and O–H groups in total. The van der Waals surface area contributed by atoms with Crippen LogP contribution in [0.5, 0.6) is 0 Å². The summed E-state index contributed by atoms with van der Waals surface area (Å²) >= 11 is 0. The highest BCUT2D eigenvalue weighted by molar-refractivity contribution is 5.73. The second-order valence-electron chi connectivity index (χ2n) is 8.22. The van der Waals surface area contributed by atoms with Gasteiger partial charge in [-0.1, -0.05) is 12.1 Å². The molecule has 2 fully saturated rings. The zero-order valence-electron chi connectivity index (χ0n) is 19.9. The maximum absolute atomic E-state index is 13.0. The molecule has 37 heavy (non-hydrogen) atoms. The quantitative estimate of drug-likeness (QED) is 0.540. The summed E-state index contributed by atoms with van der Waals surface area (Å²) in [7, 11) is 1.76. The van der Waals surface area contributed by atoms with E-state index in [1.807, 2.05) is 12.1 Å². The molecule has 0 bridgehead atoms. The maximum Gasteiger partial charge on any atom is 0.490 e. The normalized spacial score (nSPS) is 20.9. The van der Waals surface area contributed by atoms with E-state index in [0.29, 0.717) is 12.0 Å². The third-order valence-electron chi connectivity index (χ3n) is 5.43. The molecule has 0 radical (unpaired) electrons. The van der Waals surface area contributed by atoms with Crippen molar-refractivity contribution in [2.75, 3.05) is 53.0 Å². The zero-order valence-corrected chi connectivity index (χ0v) is 19.9. The number of hydrogen-bond donors (Lipinski definition) is 2. The van der Waals surface area contributed by atoms with E-state index in [0.717, 1.165) is 58.9 Å². The van der Waals surface area contributed by atoms with Crippen LogP contribution in [0.3, 0.4) is 0 Å². The van der Waals surface area contributed by atoms with Gasteiger partial charge in [0.1, 0.15) is 5.82 Å². The predicted octanol–water partition coefficient (Wildman–Crippen LogP) is 3.26.